The number of nitrogens with zero attached hydrogens (tertiary/aromatic N) is 4. The summed E-state index contributed by atoms with van der Waals surface area (Å²) in [6, 6.07) is 21.7. The third-order valence-corrected chi connectivity index (χ3v) is 6.11. The number of aromatic nitrogens is 3. The van der Waals surface area contributed by atoms with Crippen LogP contribution in [0.4, 0.5) is 0 Å². The van der Waals surface area contributed by atoms with Crippen molar-refractivity contribution in [2.45, 2.75) is 25.9 Å². The highest BCUT2D eigenvalue weighted by Crippen LogP contribution is 2.23. The van der Waals surface area contributed by atoms with Crippen molar-refractivity contribution in [3.8, 4) is 11.1 Å². The molecule has 5 rings (SSSR count). The molecule has 3 aromatic carbocycles. The second-order valence-corrected chi connectivity index (χ2v) is 8.53. The summed E-state index contributed by atoms with van der Waals surface area (Å²) in [5.74, 6) is 0. The van der Waals surface area contributed by atoms with Gasteiger partial charge in [-0.05, 0) is 72.5 Å². The quantitative estimate of drug-likeness (QED) is 0.458. The van der Waals surface area contributed by atoms with Gasteiger partial charge < -0.3 is 0 Å². The van der Waals surface area contributed by atoms with Crippen molar-refractivity contribution in [1.82, 2.24) is 19.9 Å². The molecule has 0 spiro atoms. The summed E-state index contributed by atoms with van der Waals surface area (Å²) in [6.45, 7) is 3.77. The van der Waals surface area contributed by atoms with Crippen LogP contribution >= 0.6 is 11.6 Å². The van der Waals surface area contributed by atoms with E-state index in [1.165, 1.54) is 36.2 Å². The Morgan fingerprint density at radius 2 is 1.45 bits per heavy atom. The standard InChI is InChI=1S/C25H23ClN4O/c26-22-10-7-20(8-11-22)21-9-12-23-24(15-21)27-28-30(25(23)31)17-19-5-3-18(4-6-19)16-29-13-1-2-14-29/h3-12,15H,1-2,13-14,16-17H2. The second kappa shape index (κ2) is 8.61. The van der Waals surface area contributed by atoms with E-state index in [4.69, 9.17) is 11.6 Å². The van der Waals surface area contributed by atoms with Crippen molar-refractivity contribution in [1.29, 1.82) is 0 Å². The Bertz CT molecular complexity index is 1260. The van der Waals surface area contributed by atoms with Gasteiger partial charge in [-0.3, -0.25) is 9.69 Å². The molecule has 0 bridgehead atoms. The van der Waals surface area contributed by atoms with Gasteiger partial charge in [0, 0.05) is 11.6 Å². The van der Waals surface area contributed by atoms with E-state index < -0.39 is 0 Å². The fourth-order valence-electron chi connectivity index (χ4n) is 4.12. The van der Waals surface area contributed by atoms with Gasteiger partial charge >= 0.3 is 0 Å². The van der Waals surface area contributed by atoms with Gasteiger partial charge in [0.1, 0.15) is 5.52 Å². The van der Waals surface area contributed by atoms with Crippen molar-refractivity contribution in [2.75, 3.05) is 13.1 Å². The predicted octanol–water partition coefficient (Wildman–Crippen LogP) is 4.76. The summed E-state index contributed by atoms with van der Waals surface area (Å²) in [5, 5.41) is 9.75. The van der Waals surface area contributed by atoms with Crippen LogP contribution in [-0.2, 0) is 13.1 Å². The number of likely N-dealkylation sites (tertiary alicyclic amines) is 1. The maximum atomic E-state index is 13.0. The number of hydrogen-bond acceptors (Lipinski definition) is 4. The lowest BCUT2D eigenvalue weighted by Crippen LogP contribution is -2.24. The highest BCUT2D eigenvalue weighted by Gasteiger charge is 2.12. The smallest absolute Gasteiger partial charge is 0.277 e. The summed E-state index contributed by atoms with van der Waals surface area (Å²) < 4.78 is 1.43. The second-order valence-electron chi connectivity index (χ2n) is 8.09. The molecule has 0 radical (unpaired) electrons. The van der Waals surface area contributed by atoms with Crippen molar-refractivity contribution < 1.29 is 0 Å². The lowest BCUT2D eigenvalue weighted by atomic mass is 10.0. The molecule has 1 aliphatic rings. The van der Waals surface area contributed by atoms with E-state index in [2.05, 4.69) is 39.5 Å². The van der Waals surface area contributed by atoms with Crippen LogP contribution in [0.15, 0.2) is 71.5 Å². The lowest BCUT2D eigenvalue weighted by molar-refractivity contribution is 0.331. The monoisotopic (exact) mass is 430 g/mol. The average molecular weight is 431 g/mol. The molecule has 1 saturated heterocycles. The summed E-state index contributed by atoms with van der Waals surface area (Å²) in [6.07, 6.45) is 2.59. The minimum Gasteiger partial charge on any atom is -0.299 e. The van der Waals surface area contributed by atoms with Gasteiger partial charge in [-0.1, -0.05) is 59.3 Å². The number of benzene rings is 3. The highest BCUT2D eigenvalue weighted by molar-refractivity contribution is 6.30. The summed E-state index contributed by atoms with van der Waals surface area (Å²) in [4.78, 5) is 15.4. The van der Waals surface area contributed by atoms with E-state index in [0.717, 1.165) is 23.2 Å². The third-order valence-electron chi connectivity index (χ3n) is 5.86. The molecule has 0 N–H and O–H groups in total. The van der Waals surface area contributed by atoms with Gasteiger partial charge in [0.2, 0.25) is 0 Å². The Morgan fingerprint density at radius 3 is 2.16 bits per heavy atom. The molecule has 1 aliphatic heterocycles. The van der Waals surface area contributed by atoms with Crippen LogP contribution < -0.4 is 5.56 Å². The SMILES string of the molecule is O=c1c2ccc(-c3ccc(Cl)cc3)cc2nnn1Cc1ccc(CN2CCCC2)cc1. The third kappa shape index (κ3) is 4.38. The zero-order valence-electron chi connectivity index (χ0n) is 17.2. The van der Waals surface area contributed by atoms with E-state index in [0.29, 0.717) is 22.5 Å². The molecule has 1 aromatic heterocycles. The summed E-state index contributed by atoms with van der Waals surface area (Å²) in [7, 11) is 0. The highest BCUT2D eigenvalue weighted by atomic mass is 35.5. The molecule has 0 atom stereocenters. The van der Waals surface area contributed by atoms with Crippen LogP contribution in [0.2, 0.25) is 5.02 Å². The molecule has 0 amide bonds. The van der Waals surface area contributed by atoms with Crippen LogP contribution in [-0.4, -0.2) is 33.0 Å². The van der Waals surface area contributed by atoms with Crippen LogP contribution in [0.5, 0.6) is 0 Å². The minimum absolute atomic E-state index is 0.131. The molecular formula is C25H23ClN4O. The van der Waals surface area contributed by atoms with Gasteiger partial charge in [0.05, 0.1) is 11.9 Å². The Morgan fingerprint density at radius 1 is 0.806 bits per heavy atom. The minimum atomic E-state index is -0.131. The van der Waals surface area contributed by atoms with Crippen molar-refractivity contribution in [3.05, 3.63) is 93.2 Å². The molecule has 156 valence electrons. The molecule has 5 nitrogen and oxygen atoms in total. The molecule has 31 heavy (non-hydrogen) atoms. The zero-order valence-corrected chi connectivity index (χ0v) is 17.9. The predicted molar refractivity (Wildman–Crippen MR) is 124 cm³/mol. The van der Waals surface area contributed by atoms with E-state index >= 15 is 0 Å². The largest absolute Gasteiger partial charge is 0.299 e. The number of rotatable bonds is 5. The first-order valence-electron chi connectivity index (χ1n) is 10.6. The normalized spacial score (nSPS) is 14.4. The maximum Gasteiger partial charge on any atom is 0.277 e. The first-order valence-corrected chi connectivity index (χ1v) is 11.0. The fourth-order valence-corrected chi connectivity index (χ4v) is 4.25. The first kappa shape index (κ1) is 19.9. The fraction of sp³-hybridized carbons (Fsp3) is 0.240. The van der Waals surface area contributed by atoms with Crippen molar-refractivity contribution >= 4 is 22.5 Å². The van der Waals surface area contributed by atoms with Crippen molar-refractivity contribution in [3.63, 3.8) is 0 Å². The van der Waals surface area contributed by atoms with Crippen LogP contribution in [0.25, 0.3) is 22.0 Å². The van der Waals surface area contributed by atoms with Gasteiger partial charge in [0.25, 0.3) is 5.56 Å². The van der Waals surface area contributed by atoms with E-state index in [-0.39, 0.29) is 5.56 Å². The number of halogens is 1. The Kier molecular flexibility index (Phi) is 5.53. The Labute approximate surface area is 185 Å². The topological polar surface area (TPSA) is 51.0 Å². The lowest BCUT2D eigenvalue weighted by Gasteiger charge is -2.14. The van der Waals surface area contributed by atoms with Gasteiger partial charge in [0.15, 0.2) is 0 Å². The maximum absolute atomic E-state index is 13.0. The van der Waals surface area contributed by atoms with E-state index in [1.807, 2.05) is 42.5 Å². The molecule has 0 saturated carbocycles. The molecule has 0 unspecified atom stereocenters. The number of fused-ring (bicyclic) bond motifs is 1. The summed E-state index contributed by atoms with van der Waals surface area (Å²) >= 11 is 5.98. The van der Waals surface area contributed by atoms with Crippen LogP contribution in [0.3, 0.4) is 0 Å². The Balaban J connectivity index is 1.36. The average Bonchev–Trinajstić information content (AvgIpc) is 3.30. The Hall–Kier alpha value is -3.02. The van der Waals surface area contributed by atoms with Crippen LogP contribution in [0, 0.1) is 0 Å². The first-order chi connectivity index (χ1) is 15.2. The molecular weight excluding hydrogens is 408 g/mol. The van der Waals surface area contributed by atoms with Crippen LogP contribution in [0.1, 0.15) is 24.0 Å². The van der Waals surface area contributed by atoms with E-state index in [9.17, 15) is 4.79 Å². The number of hydrogen-bond donors (Lipinski definition) is 0. The van der Waals surface area contributed by atoms with E-state index in [1.54, 1.807) is 0 Å². The summed E-state index contributed by atoms with van der Waals surface area (Å²) in [5.41, 5.74) is 4.80. The molecule has 2 heterocycles. The van der Waals surface area contributed by atoms with Gasteiger partial charge in [-0.2, -0.15) is 0 Å². The molecule has 1 fully saturated rings. The molecule has 0 aliphatic carbocycles. The molecule has 4 aromatic rings. The van der Waals surface area contributed by atoms with Gasteiger partial charge in [-0.15, -0.1) is 5.10 Å². The molecule has 6 heteroatoms. The van der Waals surface area contributed by atoms with Gasteiger partial charge in [-0.25, -0.2) is 4.68 Å². The van der Waals surface area contributed by atoms with Crippen molar-refractivity contribution in [2.24, 2.45) is 0 Å². The zero-order chi connectivity index (χ0) is 21.2.